The Balaban J connectivity index is 1.86. The Bertz CT molecular complexity index is 297. The predicted octanol–water partition coefficient (Wildman–Crippen LogP) is 1.19. The van der Waals surface area contributed by atoms with Gasteiger partial charge in [0.2, 0.25) is 0 Å². The molecule has 0 saturated carbocycles. The Hall–Kier alpha value is -0.520. The molecule has 1 N–H and O–H groups in total. The lowest BCUT2D eigenvalue weighted by molar-refractivity contribution is 0.194. The highest BCUT2D eigenvalue weighted by Crippen LogP contribution is 2.27. The van der Waals surface area contributed by atoms with Gasteiger partial charge in [0.15, 0.2) is 0 Å². The van der Waals surface area contributed by atoms with E-state index in [1.165, 1.54) is 0 Å². The Labute approximate surface area is 94.1 Å². The molecular formula is C10H17N3OS. The summed E-state index contributed by atoms with van der Waals surface area (Å²) in [6.07, 6.45) is 3.27. The van der Waals surface area contributed by atoms with Crippen molar-refractivity contribution < 1.29 is 4.74 Å². The zero-order valence-corrected chi connectivity index (χ0v) is 9.85. The van der Waals surface area contributed by atoms with Crippen LogP contribution in [0.5, 0.6) is 0 Å². The Morgan fingerprint density at radius 1 is 1.53 bits per heavy atom. The van der Waals surface area contributed by atoms with Crippen LogP contribution in [0, 0.1) is 0 Å². The van der Waals surface area contributed by atoms with Crippen molar-refractivity contribution in [1.29, 1.82) is 0 Å². The maximum Gasteiger partial charge on any atom is 0.122 e. The smallest absolute Gasteiger partial charge is 0.122 e. The molecule has 0 aliphatic carbocycles. The number of aromatic nitrogens is 2. The molecule has 0 spiro atoms. The minimum atomic E-state index is 0.501. The SMILES string of the molecule is CNCCCc1nnc(C2CCOC2)s1. The standard InChI is InChI=1S/C10H17N3OS/c1-11-5-2-3-9-12-13-10(15-9)8-4-6-14-7-8/h8,11H,2-7H2,1H3. The molecule has 1 aromatic heterocycles. The summed E-state index contributed by atoms with van der Waals surface area (Å²) in [5.41, 5.74) is 0. The molecule has 0 amide bonds. The number of hydrogen-bond acceptors (Lipinski definition) is 5. The fourth-order valence-corrected chi connectivity index (χ4v) is 2.68. The van der Waals surface area contributed by atoms with Gasteiger partial charge in [0.25, 0.3) is 0 Å². The van der Waals surface area contributed by atoms with Crippen LogP contribution in [0.2, 0.25) is 0 Å². The van der Waals surface area contributed by atoms with Gasteiger partial charge in [-0.05, 0) is 26.4 Å². The number of rotatable bonds is 5. The van der Waals surface area contributed by atoms with Crippen molar-refractivity contribution in [2.75, 3.05) is 26.8 Å². The van der Waals surface area contributed by atoms with Gasteiger partial charge in [-0.2, -0.15) is 0 Å². The first-order chi connectivity index (χ1) is 7.40. The van der Waals surface area contributed by atoms with E-state index in [-0.39, 0.29) is 0 Å². The fraction of sp³-hybridized carbons (Fsp3) is 0.800. The van der Waals surface area contributed by atoms with E-state index in [0.29, 0.717) is 5.92 Å². The van der Waals surface area contributed by atoms with Crippen LogP contribution in [0.25, 0.3) is 0 Å². The molecule has 4 nitrogen and oxygen atoms in total. The van der Waals surface area contributed by atoms with Crippen LogP contribution in [0.4, 0.5) is 0 Å². The molecule has 2 rings (SSSR count). The Morgan fingerprint density at radius 2 is 2.47 bits per heavy atom. The van der Waals surface area contributed by atoms with Crippen molar-refractivity contribution in [3.05, 3.63) is 10.0 Å². The lowest BCUT2D eigenvalue weighted by atomic mass is 10.1. The number of nitrogens with one attached hydrogen (secondary N) is 1. The minimum Gasteiger partial charge on any atom is -0.381 e. The van der Waals surface area contributed by atoms with Gasteiger partial charge >= 0.3 is 0 Å². The summed E-state index contributed by atoms with van der Waals surface area (Å²) < 4.78 is 5.35. The first-order valence-corrected chi connectivity index (χ1v) is 6.26. The fourth-order valence-electron chi connectivity index (χ4n) is 1.68. The van der Waals surface area contributed by atoms with Gasteiger partial charge < -0.3 is 10.1 Å². The van der Waals surface area contributed by atoms with E-state index < -0.39 is 0 Å². The Kier molecular flexibility index (Phi) is 4.05. The molecule has 1 saturated heterocycles. The van der Waals surface area contributed by atoms with Crippen molar-refractivity contribution in [2.24, 2.45) is 0 Å². The van der Waals surface area contributed by atoms with Gasteiger partial charge in [-0.25, -0.2) is 0 Å². The molecule has 84 valence electrons. The van der Waals surface area contributed by atoms with Gasteiger partial charge in [-0.3, -0.25) is 0 Å². The quantitative estimate of drug-likeness (QED) is 0.768. The maximum absolute atomic E-state index is 5.35. The number of nitrogens with zero attached hydrogens (tertiary/aromatic N) is 2. The molecule has 5 heteroatoms. The number of aryl methyl sites for hydroxylation is 1. The molecule has 0 aromatic carbocycles. The van der Waals surface area contributed by atoms with Crippen LogP contribution in [-0.4, -0.2) is 37.0 Å². The third kappa shape index (κ3) is 2.96. The molecule has 1 unspecified atom stereocenters. The molecule has 2 heterocycles. The average molecular weight is 227 g/mol. The summed E-state index contributed by atoms with van der Waals surface area (Å²) in [6, 6.07) is 0. The first-order valence-electron chi connectivity index (χ1n) is 5.45. The second kappa shape index (κ2) is 5.53. The lowest BCUT2D eigenvalue weighted by Gasteiger charge is -1.99. The molecular weight excluding hydrogens is 210 g/mol. The van der Waals surface area contributed by atoms with Crippen molar-refractivity contribution in [3.8, 4) is 0 Å². The first kappa shape index (κ1) is 11.0. The van der Waals surface area contributed by atoms with Crippen LogP contribution < -0.4 is 5.32 Å². The monoisotopic (exact) mass is 227 g/mol. The summed E-state index contributed by atoms with van der Waals surface area (Å²) >= 11 is 1.75. The molecule has 1 aliphatic heterocycles. The average Bonchev–Trinajstić information content (AvgIpc) is 2.87. The molecule has 1 atom stereocenters. The lowest BCUT2D eigenvalue weighted by Crippen LogP contribution is -2.08. The highest BCUT2D eigenvalue weighted by atomic mass is 32.1. The predicted molar refractivity (Wildman–Crippen MR) is 60.3 cm³/mol. The molecule has 0 bridgehead atoms. The second-order valence-electron chi connectivity index (χ2n) is 3.80. The van der Waals surface area contributed by atoms with Crippen LogP contribution >= 0.6 is 11.3 Å². The largest absolute Gasteiger partial charge is 0.381 e. The van der Waals surface area contributed by atoms with E-state index in [4.69, 9.17) is 4.74 Å². The maximum atomic E-state index is 5.35. The highest BCUT2D eigenvalue weighted by Gasteiger charge is 2.21. The van der Waals surface area contributed by atoms with Crippen molar-refractivity contribution in [3.63, 3.8) is 0 Å². The van der Waals surface area contributed by atoms with Crippen LogP contribution in [0.15, 0.2) is 0 Å². The van der Waals surface area contributed by atoms with Crippen molar-refractivity contribution >= 4 is 11.3 Å². The van der Waals surface area contributed by atoms with Crippen LogP contribution in [0.1, 0.15) is 28.8 Å². The Morgan fingerprint density at radius 3 is 3.20 bits per heavy atom. The van der Waals surface area contributed by atoms with Gasteiger partial charge in [0.1, 0.15) is 10.0 Å². The molecule has 1 fully saturated rings. The zero-order valence-electron chi connectivity index (χ0n) is 9.03. The summed E-state index contributed by atoms with van der Waals surface area (Å²) in [6.45, 7) is 2.74. The molecule has 15 heavy (non-hydrogen) atoms. The second-order valence-corrected chi connectivity index (χ2v) is 4.90. The van der Waals surface area contributed by atoms with Gasteiger partial charge in [-0.1, -0.05) is 0 Å². The van der Waals surface area contributed by atoms with Crippen LogP contribution in [0.3, 0.4) is 0 Å². The van der Waals surface area contributed by atoms with Crippen molar-refractivity contribution in [2.45, 2.75) is 25.2 Å². The molecule has 1 aromatic rings. The summed E-state index contributed by atoms with van der Waals surface area (Å²) in [7, 11) is 1.97. The van der Waals surface area contributed by atoms with E-state index in [0.717, 1.165) is 49.0 Å². The number of ether oxygens (including phenoxy) is 1. The molecule has 0 radical (unpaired) electrons. The van der Waals surface area contributed by atoms with Crippen LogP contribution in [-0.2, 0) is 11.2 Å². The van der Waals surface area contributed by atoms with Gasteiger partial charge in [-0.15, -0.1) is 21.5 Å². The van der Waals surface area contributed by atoms with E-state index in [1.54, 1.807) is 11.3 Å². The van der Waals surface area contributed by atoms with Gasteiger partial charge in [0, 0.05) is 18.9 Å². The highest BCUT2D eigenvalue weighted by molar-refractivity contribution is 7.11. The topological polar surface area (TPSA) is 47.0 Å². The zero-order chi connectivity index (χ0) is 10.5. The summed E-state index contributed by atoms with van der Waals surface area (Å²) in [5, 5.41) is 13.9. The minimum absolute atomic E-state index is 0.501. The normalized spacial score (nSPS) is 21.0. The number of hydrogen-bond donors (Lipinski definition) is 1. The van der Waals surface area contributed by atoms with Crippen molar-refractivity contribution in [1.82, 2.24) is 15.5 Å². The summed E-state index contributed by atoms with van der Waals surface area (Å²) in [4.78, 5) is 0. The van der Waals surface area contributed by atoms with E-state index in [1.807, 2.05) is 7.05 Å². The third-order valence-electron chi connectivity index (χ3n) is 2.58. The summed E-state index contributed by atoms with van der Waals surface area (Å²) in [5.74, 6) is 0.501. The van der Waals surface area contributed by atoms with E-state index in [9.17, 15) is 0 Å². The molecule has 1 aliphatic rings. The third-order valence-corrected chi connectivity index (χ3v) is 3.72. The van der Waals surface area contributed by atoms with E-state index >= 15 is 0 Å². The van der Waals surface area contributed by atoms with E-state index in [2.05, 4.69) is 15.5 Å². The van der Waals surface area contributed by atoms with Gasteiger partial charge in [0.05, 0.1) is 6.61 Å².